The molecule has 0 aliphatic heterocycles. The summed E-state index contributed by atoms with van der Waals surface area (Å²) in [5.41, 5.74) is 2.61. The molecule has 8 heteroatoms. The van der Waals surface area contributed by atoms with Gasteiger partial charge in [-0.2, -0.15) is 11.8 Å². The summed E-state index contributed by atoms with van der Waals surface area (Å²) in [7, 11) is 0. The van der Waals surface area contributed by atoms with Crippen LogP contribution in [0.2, 0.25) is 0 Å². The van der Waals surface area contributed by atoms with E-state index in [-0.39, 0.29) is 17.5 Å². The number of halogens is 1. The number of para-hydroxylation sites is 1. The van der Waals surface area contributed by atoms with Gasteiger partial charge >= 0.3 is 0 Å². The first kappa shape index (κ1) is 25.0. The summed E-state index contributed by atoms with van der Waals surface area (Å²) >= 11 is 1.87. The Morgan fingerprint density at radius 3 is 2.66 bits per heavy atom. The van der Waals surface area contributed by atoms with Crippen LogP contribution < -0.4 is 10.6 Å². The number of aromatic nitrogens is 2. The minimum atomic E-state index is -2.03. The summed E-state index contributed by atoms with van der Waals surface area (Å²) in [4.78, 5) is 33.2. The number of aromatic amines is 1. The smallest absolute Gasteiger partial charge is 0.262 e. The molecular formula is C27H31FN4O2S. The highest BCUT2D eigenvalue weighted by Crippen LogP contribution is 2.41. The molecule has 1 unspecified atom stereocenters. The summed E-state index contributed by atoms with van der Waals surface area (Å²) in [5.74, 6) is 0.800. The monoisotopic (exact) mass is 494 g/mol. The van der Waals surface area contributed by atoms with Crippen molar-refractivity contribution < 1.29 is 14.0 Å². The number of hydrogen-bond acceptors (Lipinski definition) is 5. The van der Waals surface area contributed by atoms with Gasteiger partial charge in [-0.15, -0.1) is 0 Å². The number of Topliss-reactive ketones (excluding diaryl/α,β-unsaturated/α-hetero) is 1. The molecule has 3 aromatic rings. The number of rotatable bonds is 8. The Balaban J connectivity index is 1.73. The molecular weight excluding hydrogens is 463 g/mol. The fraction of sp³-hybridized carbons (Fsp3) is 0.370. The maximum absolute atomic E-state index is 14.1. The number of carbonyl (C=O) groups excluding carboxylic acids is 2. The fourth-order valence-corrected chi connectivity index (χ4v) is 5.00. The quantitative estimate of drug-likeness (QED) is 0.338. The molecule has 1 aliphatic rings. The van der Waals surface area contributed by atoms with Crippen LogP contribution in [0.3, 0.4) is 0 Å². The Morgan fingerprint density at radius 1 is 1.23 bits per heavy atom. The van der Waals surface area contributed by atoms with Crippen LogP contribution in [0.15, 0.2) is 48.7 Å². The zero-order valence-electron chi connectivity index (χ0n) is 20.4. The lowest BCUT2D eigenvalue weighted by molar-refractivity contribution is -0.125. The van der Waals surface area contributed by atoms with E-state index in [0.29, 0.717) is 22.9 Å². The number of anilines is 3. The topological polar surface area (TPSA) is 86.9 Å². The third kappa shape index (κ3) is 5.93. The van der Waals surface area contributed by atoms with E-state index in [0.717, 1.165) is 34.8 Å². The first-order chi connectivity index (χ1) is 16.6. The van der Waals surface area contributed by atoms with Crippen molar-refractivity contribution >= 4 is 40.6 Å². The lowest BCUT2D eigenvalue weighted by Crippen LogP contribution is -2.32. The van der Waals surface area contributed by atoms with Gasteiger partial charge in [-0.05, 0) is 61.5 Å². The van der Waals surface area contributed by atoms with Crippen molar-refractivity contribution in [3.8, 4) is 11.3 Å². The van der Waals surface area contributed by atoms with Gasteiger partial charge in [0.1, 0.15) is 5.82 Å². The van der Waals surface area contributed by atoms with Gasteiger partial charge in [0.25, 0.3) is 5.91 Å². The number of fused-ring (bicyclic) bond motifs is 1. The van der Waals surface area contributed by atoms with Crippen molar-refractivity contribution in [2.75, 3.05) is 16.4 Å². The predicted molar refractivity (Wildman–Crippen MR) is 141 cm³/mol. The zero-order valence-corrected chi connectivity index (χ0v) is 21.3. The van der Waals surface area contributed by atoms with E-state index >= 15 is 0 Å². The standard InChI is InChI=1S/C27H31FN4O2S/c1-16(2)35-15-17-12-20-23(21(33)13-17)25(30-19-8-6-5-7-9-19)24(31-20)18-10-11-29-22(14-18)32-26(34)27(3,4)28/h5-11,14,16-17,30-31H,12-13,15H2,1-4H3,(H,29,32,34). The summed E-state index contributed by atoms with van der Waals surface area (Å²) in [5, 5.41) is 6.49. The molecule has 1 aromatic carbocycles. The second-order valence-electron chi connectivity index (χ2n) is 9.66. The average Bonchev–Trinajstić information content (AvgIpc) is 3.16. The van der Waals surface area contributed by atoms with E-state index in [1.54, 1.807) is 18.3 Å². The van der Waals surface area contributed by atoms with Crippen LogP contribution in [0, 0.1) is 5.92 Å². The second kappa shape index (κ2) is 10.2. The van der Waals surface area contributed by atoms with Gasteiger partial charge in [-0.1, -0.05) is 32.0 Å². The highest BCUT2D eigenvalue weighted by molar-refractivity contribution is 7.99. The number of H-pyrrole nitrogens is 1. The largest absolute Gasteiger partial charge is 0.356 e. The molecule has 0 spiro atoms. The number of hydrogen-bond donors (Lipinski definition) is 3. The van der Waals surface area contributed by atoms with Crippen molar-refractivity contribution in [2.24, 2.45) is 5.92 Å². The zero-order chi connectivity index (χ0) is 25.2. The van der Waals surface area contributed by atoms with Crippen LogP contribution in [-0.2, 0) is 11.2 Å². The van der Waals surface area contributed by atoms with E-state index in [1.165, 1.54) is 13.8 Å². The molecule has 2 aromatic heterocycles. The van der Waals surface area contributed by atoms with Crippen LogP contribution in [0.5, 0.6) is 0 Å². The molecule has 0 saturated heterocycles. The van der Waals surface area contributed by atoms with E-state index in [4.69, 9.17) is 0 Å². The predicted octanol–water partition coefficient (Wildman–Crippen LogP) is 6.39. The summed E-state index contributed by atoms with van der Waals surface area (Å²) in [6, 6.07) is 13.2. The van der Waals surface area contributed by atoms with Crippen LogP contribution in [-0.4, -0.2) is 38.3 Å². The SMILES string of the molecule is CC(C)SCC1CC(=O)c2c([nH]c(-c3ccnc(NC(=O)C(C)(C)F)c3)c2Nc2ccccc2)C1. The Bertz CT molecular complexity index is 1220. The molecule has 1 atom stereocenters. The average molecular weight is 495 g/mol. The number of carbonyl (C=O) groups is 2. The van der Waals surface area contributed by atoms with Crippen molar-refractivity contribution in [3.63, 3.8) is 0 Å². The van der Waals surface area contributed by atoms with Crippen molar-refractivity contribution in [1.29, 1.82) is 0 Å². The molecule has 2 heterocycles. The third-order valence-electron chi connectivity index (χ3n) is 5.86. The van der Waals surface area contributed by atoms with Crippen LogP contribution in [0.1, 0.15) is 50.2 Å². The van der Waals surface area contributed by atoms with E-state index in [9.17, 15) is 14.0 Å². The van der Waals surface area contributed by atoms with Crippen LogP contribution in [0.4, 0.5) is 21.6 Å². The van der Waals surface area contributed by atoms with Crippen molar-refractivity contribution in [3.05, 3.63) is 59.9 Å². The molecule has 3 N–H and O–H groups in total. The van der Waals surface area contributed by atoms with Crippen molar-refractivity contribution in [2.45, 2.75) is 51.5 Å². The minimum absolute atomic E-state index is 0.114. The number of nitrogens with one attached hydrogen (secondary N) is 3. The number of benzene rings is 1. The van der Waals surface area contributed by atoms with Crippen LogP contribution >= 0.6 is 11.8 Å². The molecule has 6 nitrogen and oxygen atoms in total. The molecule has 35 heavy (non-hydrogen) atoms. The fourth-order valence-electron chi connectivity index (χ4n) is 4.11. The summed E-state index contributed by atoms with van der Waals surface area (Å²) < 4.78 is 14.1. The van der Waals surface area contributed by atoms with Gasteiger partial charge in [-0.3, -0.25) is 9.59 Å². The molecule has 0 fully saturated rings. The van der Waals surface area contributed by atoms with Crippen molar-refractivity contribution in [1.82, 2.24) is 9.97 Å². The minimum Gasteiger partial charge on any atom is -0.356 e. The van der Waals surface area contributed by atoms with E-state index < -0.39 is 11.6 Å². The number of amides is 1. The highest BCUT2D eigenvalue weighted by Gasteiger charge is 2.32. The van der Waals surface area contributed by atoms with E-state index in [2.05, 4.69) is 34.4 Å². The maximum atomic E-state index is 14.1. The van der Waals surface area contributed by atoms with Crippen LogP contribution in [0.25, 0.3) is 11.3 Å². The molecule has 4 rings (SSSR count). The second-order valence-corrected chi connectivity index (χ2v) is 11.3. The van der Waals surface area contributed by atoms with Gasteiger partial charge in [0.2, 0.25) is 0 Å². The first-order valence-corrected chi connectivity index (χ1v) is 12.8. The molecule has 0 bridgehead atoms. The summed E-state index contributed by atoms with van der Waals surface area (Å²) in [6.45, 7) is 6.73. The number of nitrogens with zero attached hydrogens (tertiary/aromatic N) is 1. The van der Waals surface area contributed by atoms with Gasteiger partial charge in [0.15, 0.2) is 11.5 Å². The Kier molecular flexibility index (Phi) is 7.31. The Morgan fingerprint density at radius 2 is 1.97 bits per heavy atom. The van der Waals surface area contributed by atoms with Gasteiger partial charge < -0.3 is 15.6 Å². The normalized spacial score (nSPS) is 15.7. The number of alkyl halides is 1. The first-order valence-electron chi connectivity index (χ1n) is 11.8. The Hall–Kier alpha value is -3.13. The molecule has 184 valence electrons. The highest BCUT2D eigenvalue weighted by atomic mass is 32.2. The number of ketones is 1. The summed E-state index contributed by atoms with van der Waals surface area (Å²) in [6.07, 6.45) is 2.86. The molecule has 1 aliphatic carbocycles. The van der Waals surface area contributed by atoms with E-state index in [1.807, 2.05) is 42.1 Å². The van der Waals surface area contributed by atoms with Gasteiger partial charge in [0.05, 0.1) is 16.9 Å². The number of pyridine rings is 1. The lowest BCUT2D eigenvalue weighted by atomic mass is 9.87. The van der Waals surface area contributed by atoms with Gasteiger partial charge in [0, 0.05) is 29.6 Å². The Labute approximate surface area is 209 Å². The third-order valence-corrected chi connectivity index (χ3v) is 7.19. The maximum Gasteiger partial charge on any atom is 0.262 e. The van der Waals surface area contributed by atoms with Gasteiger partial charge in [-0.25, -0.2) is 9.37 Å². The lowest BCUT2D eigenvalue weighted by Gasteiger charge is -2.22. The number of thioether (sulfide) groups is 1. The molecule has 0 saturated carbocycles. The molecule has 1 amide bonds. The molecule has 0 radical (unpaired) electrons.